The van der Waals surface area contributed by atoms with Crippen molar-refractivity contribution in [3.8, 4) is 0 Å². The molecule has 0 saturated carbocycles. The normalized spacial score (nSPS) is 14.4. The Morgan fingerprint density at radius 3 is 2.41 bits per heavy atom. The molecule has 2 amide bonds. The van der Waals surface area contributed by atoms with E-state index in [1.54, 1.807) is 0 Å². The molecular formula is C20H17F3NO7S-. The van der Waals surface area contributed by atoms with Crippen molar-refractivity contribution in [2.24, 2.45) is 0 Å². The molecule has 0 bridgehead atoms. The minimum absolute atomic E-state index is 0. The van der Waals surface area contributed by atoms with Gasteiger partial charge in [-0.3, -0.25) is 9.59 Å². The fraction of sp³-hybridized carbons (Fsp3) is 0.250. The minimum Gasteiger partial charge on any atom is -1.00 e. The molecular weight excluding hydrogens is 455 g/mol. The lowest BCUT2D eigenvalue weighted by atomic mass is 9.92. The number of hydrogen-bond donors (Lipinski definition) is 0. The predicted molar refractivity (Wildman–Crippen MR) is 107 cm³/mol. The van der Waals surface area contributed by atoms with Gasteiger partial charge in [0.05, 0.1) is 17.7 Å². The van der Waals surface area contributed by atoms with Crippen molar-refractivity contribution in [1.82, 2.24) is 5.06 Å². The molecule has 0 aliphatic carbocycles. The van der Waals surface area contributed by atoms with Crippen molar-refractivity contribution in [3.63, 3.8) is 0 Å². The van der Waals surface area contributed by atoms with Crippen LogP contribution in [0.1, 0.15) is 47.5 Å². The molecule has 8 nitrogen and oxygen atoms in total. The third-order valence-electron chi connectivity index (χ3n) is 4.50. The Bertz CT molecular complexity index is 1220. The zero-order valence-corrected chi connectivity index (χ0v) is 17.3. The molecule has 1 heterocycles. The standard InChI is InChI=1S/C20H16F3NO7S.H/c1-2-3-11-30-16(25)10-8-12-7-9-15-17-13(12)5-4-6-14(17)18(26)24(19(15)27)31-32(28,29)20(21,22)23;/h4-10H,2-3,11H2,1H3;/q;-1/b10-8+;/i;1+1. The number of imide groups is 1. The Balaban J connectivity index is 0.00000385. The maximum absolute atomic E-state index is 12.7. The van der Waals surface area contributed by atoms with Crippen LogP contribution in [0.4, 0.5) is 13.2 Å². The Hall–Kier alpha value is -3.25. The monoisotopic (exact) mass is 473 g/mol. The Morgan fingerprint density at radius 2 is 1.78 bits per heavy atom. The SMILES string of the molecule is CCCCOC(=O)/C=C/c1ccc2c3c(cccc13)C(=O)N(OS(=O)(=O)C(F)(F)F)C2=O.[2H-]. The number of ether oxygens (including phenoxy) is 1. The highest BCUT2D eigenvalue weighted by molar-refractivity contribution is 7.87. The van der Waals surface area contributed by atoms with Crippen LogP contribution in [-0.2, 0) is 23.9 Å². The van der Waals surface area contributed by atoms with Crippen molar-refractivity contribution in [3.05, 3.63) is 53.1 Å². The van der Waals surface area contributed by atoms with Gasteiger partial charge >= 0.3 is 21.6 Å². The summed E-state index contributed by atoms with van der Waals surface area (Å²) in [5.74, 6) is -3.34. The van der Waals surface area contributed by atoms with Gasteiger partial charge in [0.15, 0.2) is 0 Å². The second kappa shape index (κ2) is 8.71. The molecule has 3 rings (SSSR count). The third kappa shape index (κ3) is 4.36. The van der Waals surface area contributed by atoms with Crippen molar-refractivity contribution < 1.29 is 46.4 Å². The molecule has 0 aromatic heterocycles. The van der Waals surface area contributed by atoms with Gasteiger partial charge in [-0.2, -0.15) is 21.6 Å². The van der Waals surface area contributed by atoms with Gasteiger partial charge in [0.2, 0.25) is 0 Å². The number of esters is 1. The molecule has 1 aliphatic heterocycles. The van der Waals surface area contributed by atoms with E-state index >= 15 is 0 Å². The molecule has 0 saturated heterocycles. The molecule has 0 atom stereocenters. The van der Waals surface area contributed by atoms with Gasteiger partial charge in [-0.1, -0.05) is 31.5 Å². The van der Waals surface area contributed by atoms with Gasteiger partial charge in [-0.15, -0.1) is 9.35 Å². The van der Waals surface area contributed by atoms with E-state index in [4.69, 9.17) is 4.74 Å². The zero-order chi connectivity index (χ0) is 23.7. The van der Waals surface area contributed by atoms with Crippen LogP contribution in [-0.4, -0.2) is 43.4 Å². The van der Waals surface area contributed by atoms with Crippen molar-refractivity contribution >= 4 is 44.8 Å². The molecule has 172 valence electrons. The highest BCUT2D eigenvalue weighted by Gasteiger charge is 2.51. The van der Waals surface area contributed by atoms with Gasteiger partial charge in [0, 0.05) is 11.5 Å². The molecule has 1 aliphatic rings. The van der Waals surface area contributed by atoms with E-state index in [1.807, 2.05) is 6.92 Å². The number of rotatable bonds is 7. The average molecular weight is 473 g/mol. The second-order valence-corrected chi connectivity index (χ2v) is 8.18. The topological polar surface area (TPSA) is 107 Å². The van der Waals surface area contributed by atoms with Crippen LogP contribution in [0.3, 0.4) is 0 Å². The van der Waals surface area contributed by atoms with Crippen LogP contribution >= 0.6 is 0 Å². The van der Waals surface area contributed by atoms with Crippen LogP contribution in [0.25, 0.3) is 16.8 Å². The number of nitrogens with zero attached hydrogens (tertiary/aromatic N) is 1. The summed E-state index contributed by atoms with van der Waals surface area (Å²) in [5, 5.41) is 0.00599. The van der Waals surface area contributed by atoms with Gasteiger partial charge in [-0.05, 0) is 35.6 Å². The zero-order valence-electron chi connectivity index (χ0n) is 17.5. The van der Waals surface area contributed by atoms with E-state index < -0.39 is 38.5 Å². The van der Waals surface area contributed by atoms with Crippen LogP contribution < -0.4 is 0 Å². The van der Waals surface area contributed by atoms with Gasteiger partial charge < -0.3 is 6.16 Å². The first-order valence-corrected chi connectivity index (χ1v) is 10.7. The smallest absolute Gasteiger partial charge is 0.525 e. The van der Waals surface area contributed by atoms with Gasteiger partial charge in [0.1, 0.15) is 0 Å². The highest BCUT2D eigenvalue weighted by atomic mass is 32.2. The maximum Gasteiger partial charge on any atom is 0.525 e. The number of amides is 2. The molecule has 0 spiro atoms. The molecule has 0 radical (unpaired) electrons. The summed E-state index contributed by atoms with van der Waals surface area (Å²) in [6, 6.07) is 6.72. The summed E-state index contributed by atoms with van der Waals surface area (Å²) >= 11 is 0. The first-order valence-electron chi connectivity index (χ1n) is 9.28. The van der Waals surface area contributed by atoms with E-state index in [0.717, 1.165) is 12.5 Å². The second-order valence-electron chi connectivity index (χ2n) is 6.66. The first-order chi connectivity index (χ1) is 15.0. The number of benzene rings is 2. The molecule has 32 heavy (non-hydrogen) atoms. The first kappa shape index (κ1) is 23.4. The number of alkyl halides is 3. The summed E-state index contributed by atoms with van der Waals surface area (Å²) in [7, 11) is -6.25. The van der Waals surface area contributed by atoms with Gasteiger partial charge in [-0.25, -0.2) is 4.79 Å². The number of carbonyl (C=O) groups excluding carboxylic acids is 3. The number of carbonyl (C=O) groups is 3. The van der Waals surface area contributed by atoms with Gasteiger partial charge in [0.25, 0.3) is 11.8 Å². The number of unbranched alkanes of at least 4 members (excludes halogenated alkanes) is 1. The summed E-state index contributed by atoms with van der Waals surface area (Å²) in [6.45, 7) is 2.19. The van der Waals surface area contributed by atoms with Crippen molar-refractivity contribution in [2.45, 2.75) is 25.3 Å². The number of hydrogen-bond acceptors (Lipinski definition) is 7. The summed E-state index contributed by atoms with van der Waals surface area (Å²) in [4.78, 5) is 37.0. The van der Waals surface area contributed by atoms with E-state index in [0.29, 0.717) is 17.4 Å². The van der Waals surface area contributed by atoms with Crippen LogP contribution in [0, 0.1) is 0 Å². The average Bonchev–Trinajstić information content (AvgIpc) is 2.73. The molecule has 0 unspecified atom stereocenters. The van der Waals surface area contributed by atoms with Crippen molar-refractivity contribution in [2.75, 3.05) is 6.61 Å². The number of hydroxylamine groups is 2. The fourth-order valence-electron chi connectivity index (χ4n) is 2.97. The lowest BCUT2D eigenvalue weighted by Gasteiger charge is -2.26. The summed E-state index contributed by atoms with van der Waals surface area (Å²) in [5.41, 5.74) is -5.89. The lowest BCUT2D eigenvalue weighted by Crippen LogP contribution is -2.44. The van der Waals surface area contributed by atoms with Crippen LogP contribution in [0.5, 0.6) is 0 Å². The molecule has 12 heteroatoms. The largest absolute Gasteiger partial charge is 1.00 e. The van der Waals surface area contributed by atoms with E-state index in [1.165, 1.54) is 36.4 Å². The van der Waals surface area contributed by atoms with E-state index in [2.05, 4.69) is 4.28 Å². The molecule has 2 aromatic rings. The minimum atomic E-state index is -6.25. The Kier molecular flexibility index (Phi) is 6.37. The maximum atomic E-state index is 12.7. The quantitative estimate of drug-likeness (QED) is 0.198. The summed E-state index contributed by atoms with van der Waals surface area (Å²) < 4.78 is 69.4. The lowest BCUT2D eigenvalue weighted by molar-refractivity contribution is -0.137. The molecule has 0 fully saturated rings. The van der Waals surface area contributed by atoms with E-state index in [9.17, 15) is 36.0 Å². The highest BCUT2D eigenvalue weighted by Crippen LogP contribution is 2.34. The third-order valence-corrected chi connectivity index (χ3v) is 5.41. The molecule has 2 aromatic carbocycles. The fourth-order valence-corrected chi connectivity index (χ4v) is 3.39. The van der Waals surface area contributed by atoms with E-state index in [-0.39, 0.29) is 24.5 Å². The van der Waals surface area contributed by atoms with Crippen LogP contribution in [0.2, 0.25) is 0 Å². The Morgan fingerprint density at radius 1 is 1.12 bits per heavy atom. The summed E-state index contributed by atoms with van der Waals surface area (Å²) in [6.07, 6.45) is 4.12. The van der Waals surface area contributed by atoms with Crippen molar-refractivity contribution in [1.29, 1.82) is 0 Å². The number of halogens is 3. The predicted octanol–water partition coefficient (Wildman–Crippen LogP) is 3.69. The Labute approximate surface area is 181 Å². The molecule has 0 N–H and O–H groups in total. The van der Waals surface area contributed by atoms with Crippen LogP contribution in [0.15, 0.2) is 36.4 Å².